The molecule has 3 rings (SSSR count). The Morgan fingerprint density at radius 1 is 1.10 bits per heavy atom. The zero-order valence-corrected chi connectivity index (χ0v) is 11.7. The van der Waals surface area contributed by atoms with Crippen molar-refractivity contribution in [2.45, 2.75) is 26.2 Å². The maximum atomic E-state index is 12.3. The van der Waals surface area contributed by atoms with E-state index in [1.165, 1.54) is 16.5 Å². The molecule has 1 aliphatic rings. The molecular formula is C19H18O. The molecule has 1 nitrogen and oxygen atoms in total. The van der Waals surface area contributed by atoms with Crippen LogP contribution in [-0.2, 0) is 0 Å². The molecule has 100 valence electrons. The van der Waals surface area contributed by atoms with Gasteiger partial charge in [0.25, 0.3) is 0 Å². The highest BCUT2D eigenvalue weighted by atomic mass is 16.1. The summed E-state index contributed by atoms with van der Waals surface area (Å²) in [5, 5.41) is 2.32. The third-order valence-corrected chi connectivity index (χ3v) is 4.02. The third kappa shape index (κ3) is 2.57. The van der Waals surface area contributed by atoms with Gasteiger partial charge < -0.3 is 0 Å². The van der Waals surface area contributed by atoms with E-state index in [2.05, 4.69) is 31.2 Å². The predicted octanol–water partition coefficient (Wildman–Crippen LogP) is 5.08. The normalized spacial score (nSPS) is 14.2. The lowest BCUT2D eigenvalue weighted by Gasteiger charge is -2.05. The fourth-order valence-corrected chi connectivity index (χ4v) is 2.73. The van der Waals surface area contributed by atoms with Crippen LogP contribution in [0.5, 0.6) is 0 Å². The minimum Gasteiger partial charge on any atom is -0.294 e. The summed E-state index contributed by atoms with van der Waals surface area (Å²) >= 11 is 0. The average molecular weight is 262 g/mol. The molecule has 20 heavy (non-hydrogen) atoms. The van der Waals surface area contributed by atoms with Gasteiger partial charge in [0.05, 0.1) is 0 Å². The summed E-state index contributed by atoms with van der Waals surface area (Å²) in [6.07, 6.45) is 6.81. The molecule has 1 aliphatic carbocycles. The van der Waals surface area contributed by atoms with Crippen LogP contribution >= 0.6 is 0 Å². The number of carbonyl (C=O) groups is 1. The lowest BCUT2D eigenvalue weighted by atomic mass is 9.98. The number of carbonyl (C=O) groups excluding carboxylic acids is 1. The Morgan fingerprint density at radius 3 is 2.65 bits per heavy atom. The second-order valence-corrected chi connectivity index (χ2v) is 5.38. The van der Waals surface area contributed by atoms with Gasteiger partial charge in [-0.1, -0.05) is 59.7 Å². The molecule has 0 saturated heterocycles. The number of benzene rings is 2. The van der Waals surface area contributed by atoms with E-state index < -0.39 is 0 Å². The molecule has 0 N–H and O–H groups in total. The van der Waals surface area contributed by atoms with Crippen LogP contribution in [0.15, 0.2) is 65.8 Å². The Bertz CT molecular complexity index is 719. The van der Waals surface area contributed by atoms with Crippen LogP contribution in [0.2, 0.25) is 0 Å². The number of allylic oxidation sites excluding steroid dienone is 4. The summed E-state index contributed by atoms with van der Waals surface area (Å²) < 4.78 is 0. The van der Waals surface area contributed by atoms with Gasteiger partial charge in [-0.2, -0.15) is 0 Å². The average Bonchev–Trinajstić information content (AvgIpc) is 2.89. The molecule has 0 saturated carbocycles. The minimum atomic E-state index is 0.239. The summed E-state index contributed by atoms with van der Waals surface area (Å²) in [7, 11) is 0. The molecule has 0 atom stereocenters. The quantitative estimate of drug-likeness (QED) is 0.702. The van der Waals surface area contributed by atoms with Crippen LogP contribution in [0, 0.1) is 0 Å². The van der Waals surface area contributed by atoms with Gasteiger partial charge in [0.1, 0.15) is 0 Å². The largest absolute Gasteiger partial charge is 0.294 e. The van der Waals surface area contributed by atoms with Crippen molar-refractivity contribution in [3.63, 3.8) is 0 Å². The Labute approximate surface area is 119 Å². The monoisotopic (exact) mass is 262 g/mol. The van der Waals surface area contributed by atoms with Crippen molar-refractivity contribution in [3.8, 4) is 0 Å². The maximum Gasteiger partial charge on any atom is 0.163 e. The first-order valence-electron chi connectivity index (χ1n) is 7.11. The first-order valence-corrected chi connectivity index (χ1v) is 7.11. The molecule has 0 aliphatic heterocycles. The van der Waals surface area contributed by atoms with E-state index in [9.17, 15) is 4.79 Å². The maximum absolute atomic E-state index is 12.3. The fourth-order valence-electron chi connectivity index (χ4n) is 2.73. The van der Waals surface area contributed by atoms with E-state index in [1.807, 2.05) is 30.3 Å². The van der Waals surface area contributed by atoms with Crippen LogP contribution < -0.4 is 0 Å². The van der Waals surface area contributed by atoms with Crippen molar-refractivity contribution in [1.82, 2.24) is 0 Å². The van der Waals surface area contributed by atoms with Crippen molar-refractivity contribution in [3.05, 3.63) is 71.3 Å². The SMILES string of the molecule is CC1=C(CCC(=O)c2ccc3ccccc3c2)CC=C1. The van der Waals surface area contributed by atoms with Gasteiger partial charge in [-0.15, -0.1) is 0 Å². The van der Waals surface area contributed by atoms with Crippen molar-refractivity contribution < 1.29 is 4.79 Å². The molecule has 0 amide bonds. The Hall–Kier alpha value is -2.15. The molecule has 2 aromatic carbocycles. The molecule has 0 unspecified atom stereocenters. The zero-order valence-electron chi connectivity index (χ0n) is 11.7. The van der Waals surface area contributed by atoms with Gasteiger partial charge in [0, 0.05) is 12.0 Å². The molecular weight excluding hydrogens is 244 g/mol. The third-order valence-electron chi connectivity index (χ3n) is 4.02. The Kier molecular flexibility index (Phi) is 3.51. The number of fused-ring (bicyclic) bond motifs is 1. The minimum absolute atomic E-state index is 0.239. The van der Waals surface area contributed by atoms with E-state index in [1.54, 1.807) is 0 Å². The highest BCUT2D eigenvalue weighted by molar-refractivity contribution is 6.00. The van der Waals surface area contributed by atoms with Crippen molar-refractivity contribution in [1.29, 1.82) is 0 Å². The highest BCUT2D eigenvalue weighted by Crippen LogP contribution is 2.24. The molecule has 1 heteroatoms. The first-order chi connectivity index (χ1) is 9.74. The smallest absolute Gasteiger partial charge is 0.163 e. The number of rotatable bonds is 4. The molecule has 0 bridgehead atoms. The van der Waals surface area contributed by atoms with E-state index in [4.69, 9.17) is 0 Å². The van der Waals surface area contributed by atoms with Crippen molar-refractivity contribution in [2.24, 2.45) is 0 Å². The molecule has 0 spiro atoms. The van der Waals surface area contributed by atoms with Crippen LogP contribution in [0.25, 0.3) is 10.8 Å². The Balaban J connectivity index is 1.74. The number of ketones is 1. The van der Waals surface area contributed by atoms with Crippen LogP contribution in [0.1, 0.15) is 36.5 Å². The topological polar surface area (TPSA) is 17.1 Å². The zero-order chi connectivity index (χ0) is 13.9. The summed E-state index contributed by atoms with van der Waals surface area (Å²) in [5.74, 6) is 0.239. The number of Topliss-reactive ketones (excluding diaryl/α,β-unsaturated/α-hetero) is 1. The molecule has 0 aromatic heterocycles. The second-order valence-electron chi connectivity index (χ2n) is 5.38. The molecule has 0 fully saturated rings. The van der Waals surface area contributed by atoms with E-state index in [-0.39, 0.29) is 5.78 Å². The van der Waals surface area contributed by atoms with E-state index >= 15 is 0 Å². The van der Waals surface area contributed by atoms with Crippen molar-refractivity contribution in [2.75, 3.05) is 0 Å². The summed E-state index contributed by atoms with van der Waals surface area (Å²) in [6, 6.07) is 14.1. The number of hydrogen-bond donors (Lipinski definition) is 0. The van der Waals surface area contributed by atoms with Crippen LogP contribution in [-0.4, -0.2) is 5.78 Å². The number of hydrogen-bond acceptors (Lipinski definition) is 1. The van der Waals surface area contributed by atoms with Gasteiger partial charge in [0.15, 0.2) is 5.78 Å². The lowest BCUT2D eigenvalue weighted by Crippen LogP contribution is -1.99. The molecule has 2 aromatic rings. The summed E-state index contributed by atoms with van der Waals surface area (Å²) in [6.45, 7) is 2.12. The highest BCUT2D eigenvalue weighted by Gasteiger charge is 2.10. The second kappa shape index (κ2) is 5.46. The predicted molar refractivity (Wildman–Crippen MR) is 84.0 cm³/mol. The van der Waals surface area contributed by atoms with Gasteiger partial charge >= 0.3 is 0 Å². The van der Waals surface area contributed by atoms with Gasteiger partial charge in [-0.25, -0.2) is 0 Å². The van der Waals surface area contributed by atoms with Crippen molar-refractivity contribution >= 4 is 16.6 Å². The van der Waals surface area contributed by atoms with E-state index in [0.717, 1.165) is 23.8 Å². The standard InChI is InChI=1S/C19H18O/c1-14-5-4-8-15(14)11-12-19(20)18-10-9-16-6-2-3-7-17(16)13-18/h2-7,9-10,13H,8,11-12H2,1H3. The van der Waals surface area contributed by atoms with Gasteiger partial charge in [-0.05, 0) is 36.6 Å². The van der Waals surface area contributed by atoms with E-state index in [0.29, 0.717) is 6.42 Å². The first kappa shape index (κ1) is 12.9. The Morgan fingerprint density at radius 2 is 1.90 bits per heavy atom. The fraction of sp³-hybridized carbons (Fsp3) is 0.211. The van der Waals surface area contributed by atoms with Crippen LogP contribution in [0.4, 0.5) is 0 Å². The summed E-state index contributed by atoms with van der Waals surface area (Å²) in [5.41, 5.74) is 3.56. The lowest BCUT2D eigenvalue weighted by molar-refractivity contribution is 0.0983. The van der Waals surface area contributed by atoms with Crippen LogP contribution in [0.3, 0.4) is 0 Å². The van der Waals surface area contributed by atoms with Gasteiger partial charge in [0.2, 0.25) is 0 Å². The summed E-state index contributed by atoms with van der Waals surface area (Å²) in [4.78, 5) is 12.3. The van der Waals surface area contributed by atoms with Gasteiger partial charge in [-0.3, -0.25) is 4.79 Å². The molecule has 0 heterocycles. The molecule has 0 radical (unpaired) electrons.